The number of amides is 2. The maximum Gasteiger partial charge on any atom is 0.321 e. The van der Waals surface area contributed by atoms with Crippen LogP contribution in [-0.2, 0) is 4.79 Å². The molecule has 1 aromatic rings. The van der Waals surface area contributed by atoms with Gasteiger partial charge in [0, 0.05) is 18.8 Å². The van der Waals surface area contributed by atoms with E-state index in [0.29, 0.717) is 38.0 Å². The fourth-order valence-electron chi connectivity index (χ4n) is 2.60. The number of piperidine rings is 1. The smallest absolute Gasteiger partial charge is 0.321 e. The van der Waals surface area contributed by atoms with Gasteiger partial charge in [-0.25, -0.2) is 4.79 Å². The lowest BCUT2D eigenvalue weighted by atomic mass is 9.76. The summed E-state index contributed by atoms with van der Waals surface area (Å²) in [5, 5.41) is 12.1. The van der Waals surface area contributed by atoms with Gasteiger partial charge in [-0.1, -0.05) is 6.92 Å². The fraction of sp³-hybridized carbons (Fsp3) is 0.533. The molecule has 114 valence electrons. The van der Waals surface area contributed by atoms with Gasteiger partial charge in [0.05, 0.1) is 17.3 Å². The number of rotatable bonds is 3. The number of carbonyl (C=O) groups excluding carboxylic acids is 1. The SMILES string of the molecule is CCC1(C(=O)O)CCN(C(=O)Nc2ccc(C)nc2)CC1. The largest absolute Gasteiger partial charge is 0.481 e. The van der Waals surface area contributed by atoms with Gasteiger partial charge in [-0.05, 0) is 38.3 Å². The molecule has 2 N–H and O–H groups in total. The van der Waals surface area contributed by atoms with E-state index in [2.05, 4.69) is 10.3 Å². The molecule has 0 aromatic carbocycles. The Morgan fingerprint density at radius 3 is 2.52 bits per heavy atom. The van der Waals surface area contributed by atoms with E-state index in [-0.39, 0.29) is 6.03 Å². The number of carboxylic acid groups (broad SMARTS) is 1. The molecule has 1 aromatic heterocycles. The predicted octanol–water partition coefficient (Wildman–Crippen LogP) is 2.50. The molecule has 0 aliphatic carbocycles. The Morgan fingerprint density at radius 1 is 1.38 bits per heavy atom. The first-order valence-electron chi connectivity index (χ1n) is 7.19. The lowest BCUT2D eigenvalue weighted by Crippen LogP contribution is -2.47. The summed E-state index contributed by atoms with van der Waals surface area (Å²) in [6, 6.07) is 3.44. The van der Waals surface area contributed by atoms with E-state index >= 15 is 0 Å². The van der Waals surface area contributed by atoms with Crippen molar-refractivity contribution in [3.63, 3.8) is 0 Å². The summed E-state index contributed by atoms with van der Waals surface area (Å²) in [6.07, 6.45) is 3.21. The number of carboxylic acids is 1. The zero-order chi connectivity index (χ0) is 15.5. The molecular weight excluding hydrogens is 270 g/mol. The van der Waals surface area contributed by atoms with Crippen LogP contribution in [0.3, 0.4) is 0 Å². The molecule has 0 atom stereocenters. The Bertz CT molecular complexity index is 519. The van der Waals surface area contributed by atoms with Crippen LogP contribution in [0.25, 0.3) is 0 Å². The van der Waals surface area contributed by atoms with Crippen molar-refractivity contribution >= 4 is 17.7 Å². The molecule has 6 nitrogen and oxygen atoms in total. The third kappa shape index (κ3) is 3.32. The molecule has 2 amide bonds. The van der Waals surface area contributed by atoms with E-state index in [9.17, 15) is 14.7 Å². The van der Waals surface area contributed by atoms with Crippen molar-refractivity contribution in [3.8, 4) is 0 Å². The van der Waals surface area contributed by atoms with Gasteiger partial charge >= 0.3 is 12.0 Å². The van der Waals surface area contributed by atoms with Gasteiger partial charge in [0.25, 0.3) is 0 Å². The third-order valence-corrected chi connectivity index (χ3v) is 4.30. The molecule has 1 saturated heterocycles. The van der Waals surface area contributed by atoms with Crippen molar-refractivity contribution in [1.82, 2.24) is 9.88 Å². The zero-order valence-electron chi connectivity index (χ0n) is 12.4. The van der Waals surface area contributed by atoms with E-state index in [1.54, 1.807) is 17.2 Å². The van der Waals surface area contributed by atoms with Crippen LogP contribution in [-0.4, -0.2) is 40.1 Å². The molecule has 0 bridgehead atoms. The first kappa shape index (κ1) is 15.3. The second-order valence-corrected chi connectivity index (χ2v) is 5.54. The standard InChI is InChI=1S/C15H21N3O3/c1-3-15(13(19)20)6-8-18(9-7-15)14(21)17-12-5-4-11(2)16-10-12/h4-5,10H,3,6-9H2,1-2H3,(H,17,21)(H,19,20). The van der Waals surface area contributed by atoms with Crippen molar-refractivity contribution in [2.45, 2.75) is 33.1 Å². The highest BCUT2D eigenvalue weighted by Crippen LogP contribution is 2.35. The zero-order valence-corrected chi connectivity index (χ0v) is 12.4. The Labute approximate surface area is 124 Å². The number of aliphatic carboxylic acids is 1. The minimum Gasteiger partial charge on any atom is -0.481 e. The highest BCUT2D eigenvalue weighted by molar-refractivity contribution is 5.89. The van der Waals surface area contributed by atoms with E-state index in [0.717, 1.165) is 5.69 Å². The summed E-state index contributed by atoms with van der Waals surface area (Å²) in [5.74, 6) is -0.757. The summed E-state index contributed by atoms with van der Waals surface area (Å²) < 4.78 is 0. The maximum atomic E-state index is 12.2. The molecule has 6 heteroatoms. The van der Waals surface area contributed by atoms with Gasteiger partial charge in [-0.2, -0.15) is 0 Å². The molecule has 2 heterocycles. The molecule has 0 unspecified atom stereocenters. The number of nitrogens with zero attached hydrogens (tertiary/aromatic N) is 2. The Morgan fingerprint density at radius 2 is 2.05 bits per heavy atom. The van der Waals surface area contributed by atoms with E-state index in [4.69, 9.17) is 0 Å². The average molecular weight is 291 g/mol. The summed E-state index contributed by atoms with van der Waals surface area (Å²) >= 11 is 0. The topological polar surface area (TPSA) is 82.5 Å². The van der Waals surface area contributed by atoms with Gasteiger partial charge in [0.15, 0.2) is 0 Å². The third-order valence-electron chi connectivity index (χ3n) is 4.30. The number of aromatic nitrogens is 1. The molecule has 0 spiro atoms. The number of nitrogens with one attached hydrogen (secondary N) is 1. The summed E-state index contributed by atoms with van der Waals surface area (Å²) in [4.78, 5) is 29.3. The Balaban J connectivity index is 1.94. The Kier molecular flexibility index (Phi) is 4.45. The number of hydrogen-bond donors (Lipinski definition) is 2. The molecule has 2 rings (SSSR count). The summed E-state index contributed by atoms with van der Waals surface area (Å²) in [6.45, 7) is 4.70. The molecule has 21 heavy (non-hydrogen) atoms. The summed E-state index contributed by atoms with van der Waals surface area (Å²) in [7, 11) is 0. The van der Waals surface area contributed by atoms with Crippen molar-refractivity contribution in [2.75, 3.05) is 18.4 Å². The van der Waals surface area contributed by atoms with Gasteiger partial charge in [-0.3, -0.25) is 9.78 Å². The van der Waals surface area contributed by atoms with Crippen LogP contribution in [0.5, 0.6) is 0 Å². The molecule has 1 fully saturated rings. The number of carbonyl (C=O) groups is 2. The lowest BCUT2D eigenvalue weighted by molar-refractivity contribution is -0.151. The van der Waals surface area contributed by atoms with Crippen LogP contribution < -0.4 is 5.32 Å². The van der Waals surface area contributed by atoms with Crippen LogP contribution >= 0.6 is 0 Å². The van der Waals surface area contributed by atoms with Crippen LogP contribution in [0.2, 0.25) is 0 Å². The lowest BCUT2D eigenvalue weighted by Gasteiger charge is -2.38. The number of anilines is 1. The maximum absolute atomic E-state index is 12.2. The second kappa shape index (κ2) is 6.11. The monoisotopic (exact) mass is 291 g/mol. The second-order valence-electron chi connectivity index (χ2n) is 5.54. The van der Waals surface area contributed by atoms with Gasteiger partial charge < -0.3 is 15.3 Å². The van der Waals surface area contributed by atoms with Gasteiger partial charge in [-0.15, -0.1) is 0 Å². The molecule has 0 saturated carbocycles. The van der Waals surface area contributed by atoms with E-state index < -0.39 is 11.4 Å². The first-order valence-corrected chi connectivity index (χ1v) is 7.19. The van der Waals surface area contributed by atoms with Crippen molar-refractivity contribution < 1.29 is 14.7 Å². The quantitative estimate of drug-likeness (QED) is 0.896. The van der Waals surface area contributed by atoms with Crippen LogP contribution in [0.1, 0.15) is 31.9 Å². The highest BCUT2D eigenvalue weighted by atomic mass is 16.4. The van der Waals surface area contributed by atoms with E-state index in [1.807, 2.05) is 19.9 Å². The van der Waals surface area contributed by atoms with Gasteiger partial charge in [0.2, 0.25) is 0 Å². The molecule has 0 radical (unpaired) electrons. The Hall–Kier alpha value is -2.11. The number of likely N-dealkylation sites (tertiary alicyclic amines) is 1. The van der Waals surface area contributed by atoms with Crippen molar-refractivity contribution in [2.24, 2.45) is 5.41 Å². The molecular formula is C15H21N3O3. The number of hydrogen-bond acceptors (Lipinski definition) is 3. The summed E-state index contributed by atoms with van der Waals surface area (Å²) in [5.41, 5.74) is 0.860. The normalized spacial score (nSPS) is 17.3. The number of aryl methyl sites for hydroxylation is 1. The predicted molar refractivity (Wildman–Crippen MR) is 79.2 cm³/mol. The van der Waals surface area contributed by atoms with Crippen LogP contribution in [0.15, 0.2) is 18.3 Å². The minimum absolute atomic E-state index is 0.198. The first-order chi connectivity index (χ1) is 9.97. The molecule has 1 aliphatic rings. The van der Waals surface area contributed by atoms with Crippen molar-refractivity contribution in [3.05, 3.63) is 24.0 Å². The number of urea groups is 1. The number of pyridine rings is 1. The van der Waals surface area contributed by atoms with E-state index in [1.165, 1.54) is 0 Å². The average Bonchev–Trinajstić information content (AvgIpc) is 2.49. The van der Waals surface area contributed by atoms with Crippen LogP contribution in [0.4, 0.5) is 10.5 Å². The fourth-order valence-corrected chi connectivity index (χ4v) is 2.60. The molecule has 1 aliphatic heterocycles. The highest BCUT2D eigenvalue weighted by Gasteiger charge is 2.40. The van der Waals surface area contributed by atoms with Crippen molar-refractivity contribution in [1.29, 1.82) is 0 Å². The van der Waals surface area contributed by atoms with Crippen LogP contribution in [0, 0.1) is 12.3 Å². The van der Waals surface area contributed by atoms with Gasteiger partial charge in [0.1, 0.15) is 0 Å². The minimum atomic E-state index is -0.757.